The monoisotopic (exact) mass is 448 g/mol. The van der Waals surface area contributed by atoms with Gasteiger partial charge in [0.2, 0.25) is 5.91 Å². The van der Waals surface area contributed by atoms with Gasteiger partial charge < -0.3 is 4.74 Å². The number of amides is 1. The van der Waals surface area contributed by atoms with E-state index in [9.17, 15) is 4.79 Å². The second-order valence-electron chi connectivity index (χ2n) is 7.21. The smallest absolute Gasteiger partial charge is 0.229 e. The summed E-state index contributed by atoms with van der Waals surface area (Å²) in [4.78, 5) is 20.9. The number of carbonyl (C=O) groups is 1. The molecule has 0 bridgehead atoms. The first-order valence-electron chi connectivity index (χ1n) is 10.1. The Kier molecular flexibility index (Phi) is 6.89. The lowest BCUT2D eigenvalue weighted by Gasteiger charge is -2.20. The molecule has 0 aliphatic heterocycles. The second kappa shape index (κ2) is 9.98. The van der Waals surface area contributed by atoms with Gasteiger partial charge in [-0.15, -0.1) is 11.8 Å². The number of nitrogens with zero attached hydrogens (tertiary/aromatic N) is 2. The first-order chi connectivity index (χ1) is 15.1. The molecule has 0 aliphatic carbocycles. The molecule has 158 valence electrons. The van der Waals surface area contributed by atoms with Gasteiger partial charge >= 0.3 is 0 Å². The normalized spacial score (nSPS) is 10.9. The Morgan fingerprint density at radius 3 is 2.58 bits per heavy atom. The van der Waals surface area contributed by atoms with Crippen LogP contribution in [-0.4, -0.2) is 23.8 Å². The molecule has 31 heavy (non-hydrogen) atoms. The van der Waals surface area contributed by atoms with Gasteiger partial charge in [-0.25, -0.2) is 4.98 Å². The second-order valence-corrected chi connectivity index (χ2v) is 9.38. The molecule has 0 aliphatic rings. The average molecular weight is 449 g/mol. The van der Waals surface area contributed by atoms with E-state index in [0.29, 0.717) is 18.7 Å². The van der Waals surface area contributed by atoms with Crippen molar-refractivity contribution in [3.63, 3.8) is 0 Å². The van der Waals surface area contributed by atoms with Crippen molar-refractivity contribution >= 4 is 44.4 Å². The van der Waals surface area contributed by atoms with Gasteiger partial charge in [-0.05, 0) is 54.4 Å². The first-order valence-corrected chi connectivity index (χ1v) is 11.9. The minimum absolute atomic E-state index is 0.0839. The number of benzene rings is 3. The number of carbonyl (C=O) groups excluding carboxylic acids is 1. The summed E-state index contributed by atoms with van der Waals surface area (Å²) in [5, 5.41) is 0.754. The number of aryl methyl sites for hydroxylation is 1. The Balaban J connectivity index is 1.50. The fourth-order valence-electron chi connectivity index (χ4n) is 3.23. The van der Waals surface area contributed by atoms with Gasteiger partial charge in [-0.3, -0.25) is 9.69 Å². The van der Waals surface area contributed by atoms with Crippen LogP contribution in [0.1, 0.15) is 17.5 Å². The molecule has 1 amide bonds. The van der Waals surface area contributed by atoms with E-state index in [4.69, 9.17) is 9.72 Å². The Hall–Kier alpha value is -2.83. The number of ether oxygens (including phenoxy) is 1. The zero-order valence-corrected chi connectivity index (χ0v) is 19.2. The molecule has 6 heteroatoms. The van der Waals surface area contributed by atoms with Crippen LogP contribution in [-0.2, 0) is 11.3 Å². The zero-order chi connectivity index (χ0) is 21.6. The molecule has 4 aromatic rings. The van der Waals surface area contributed by atoms with E-state index in [1.54, 1.807) is 30.2 Å². The van der Waals surface area contributed by atoms with Crippen molar-refractivity contribution in [2.75, 3.05) is 17.8 Å². The van der Waals surface area contributed by atoms with E-state index in [0.717, 1.165) is 31.6 Å². The molecule has 0 N–H and O–H groups in total. The fourth-order valence-corrected chi connectivity index (χ4v) is 5.15. The van der Waals surface area contributed by atoms with Crippen LogP contribution in [0.4, 0.5) is 5.13 Å². The van der Waals surface area contributed by atoms with Crippen molar-refractivity contribution in [1.82, 2.24) is 4.98 Å². The summed E-state index contributed by atoms with van der Waals surface area (Å²) in [5.41, 5.74) is 3.22. The fraction of sp³-hybridized carbons (Fsp3) is 0.200. The van der Waals surface area contributed by atoms with Gasteiger partial charge in [-0.2, -0.15) is 0 Å². The summed E-state index contributed by atoms with van der Waals surface area (Å²) in [6, 6.07) is 24.2. The Morgan fingerprint density at radius 2 is 1.84 bits per heavy atom. The third kappa shape index (κ3) is 5.46. The van der Waals surface area contributed by atoms with Crippen molar-refractivity contribution < 1.29 is 9.53 Å². The number of hydrogen-bond donors (Lipinski definition) is 0. The lowest BCUT2D eigenvalue weighted by Crippen LogP contribution is -2.30. The van der Waals surface area contributed by atoms with Crippen LogP contribution >= 0.6 is 23.1 Å². The lowest BCUT2D eigenvalue weighted by atomic mass is 10.2. The van der Waals surface area contributed by atoms with E-state index in [-0.39, 0.29) is 5.91 Å². The van der Waals surface area contributed by atoms with Crippen LogP contribution in [0.3, 0.4) is 0 Å². The summed E-state index contributed by atoms with van der Waals surface area (Å²) < 4.78 is 6.31. The Labute approximate surface area is 190 Å². The number of rotatable bonds is 8. The standard InChI is InChI=1S/C25H24N2O2S2/c1-18-8-13-22-23(16-18)31-25(26-22)27(17-19-6-4-3-5-7-19)24(28)14-15-30-21-11-9-20(29-2)10-12-21/h3-13,16H,14-15,17H2,1-2H3. The SMILES string of the molecule is COc1ccc(SCCC(=O)N(Cc2ccccc2)c2nc3ccc(C)cc3s2)cc1. The molecular weight excluding hydrogens is 424 g/mol. The minimum Gasteiger partial charge on any atom is -0.497 e. The molecule has 0 atom stereocenters. The number of thioether (sulfide) groups is 1. The highest BCUT2D eigenvalue weighted by molar-refractivity contribution is 7.99. The molecule has 0 fully saturated rings. The van der Waals surface area contributed by atoms with Crippen molar-refractivity contribution in [1.29, 1.82) is 0 Å². The molecule has 3 aromatic carbocycles. The van der Waals surface area contributed by atoms with E-state index in [2.05, 4.69) is 19.1 Å². The molecule has 0 saturated heterocycles. The van der Waals surface area contributed by atoms with Crippen LogP contribution in [0.2, 0.25) is 0 Å². The van der Waals surface area contributed by atoms with Gasteiger partial charge in [0.25, 0.3) is 0 Å². The topological polar surface area (TPSA) is 42.4 Å². The third-order valence-corrected chi connectivity index (χ3v) is 6.95. The predicted molar refractivity (Wildman–Crippen MR) is 130 cm³/mol. The molecule has 4 nitrogen and oxygen atoms in total. The molecule has 4 rings (SSSR count). The van der Waals surface area contributed by atoms with Crippen molar-refractivity contribution in [2.45, 2.75) is 24.8 Å². The summed E-state index contributed by atoms with van der Waals surface area (Å²) in [7, 11) is 1.66. The molecule has 0 spiro atoms. The molecule has 0 saturated carbocycles. The maximum Gasteiger partial charge on any atom is 0.229 e. The van der Waals surface area contributed by atoms with Gasteiger partial charge in [-0.1, -0.05) is 47.7 Å². The highest BCUT2D eigenvalue weighted by atomic mass is 32.2. The number of hydrogen-bond acceptors (Lipinski definition) is 5. The van der Waals surface area contributed by atoms with Crippen LogP contribution in [0.25, 0.3) is 10.2 Å². The van der Waals surface area contributed by atoms with Crippen LogP contribution < -0.4 is 9.64 Å². The van der Waals surface area contributed by atoms with Gasteiger partial charge in [0, 0.05) is 17.1 Å². The van der Waals surface area contributed by atoms with Crippen molar-refractivity contribution in [3.05, 3.63) is 83.9 Å². The number of thiazole rings is 1. The predicted octanol–water partition coefficient (Wildman–Crippen LogP) is 6.33. The maximum atomic E-state index is 13.2. The molecule has 0 radical (unpaired) electrons. The Morgan fingerprint density at radius 1 is 1.06 bits per heavy atom. The summed E-state index contributed by atoms with van der Waals surface area (Å²) in [5.74, 6) is 1.63. The van der Waals surface area contributed by atoms with Gasteiger partial charge in [0.05, 0.1) is 23.9 Å². The number of methoxy groups -OCH3 is 1. The van der Waals surface area contributed by atoms with Crippen LogP contribution in [0.5, 0.6) is 5.75 Å². The van der Waals surface area contributed by atoms with Crippen molar-refractivity contribution in [2.24, 2.45) is 0 Å². The molecule has 1 aromatic heterocycles. The minimum atomic E-state index is 0.0839. The van der Waals surface area contributed by atoms with E-state index in [1.165, 1.54) is 5.56 Å². The maximum absolute atomic E-state index is 13.2. The van der Waals surface area contributed by atoms with Crippen molar-refractivity contribution in [3.8, 4) is 5.75 Å². The average Bonchev–Trinajstić information content (AvgIpc) is 3.21. The third-order valence-electron chi connectivity index (χ3n) is 4.89. The lowest BCUT2D eigenvalue weighted by molar-refractivity contribution is -0.118. The largest absolute Gasteiger partial charge is 0.497 e. The zero-order valence-electron chi connectivity index (χ0n) is 17.6. The molecular formula is C25H24N2O2S2. The quantitative estimate of drug-likeness (QED) is 0.295. The first kappa shape index (κ1) is 21.4. The van der Waals surface area contributed by atoms with Gasteiger partial charge in [0.1, 0.15) is 5.75 Å². The van der Waals surface area contributed by atoms with Crippen LogP contribution in [0, 0.1) is 6.92 Å². The van der Waals surface area contributed by atoms with E-state index >= 15 is 0 Å². The number of anilines is 1. The van der Waals surface area contributed by atoms with Crippen LogP contribution in [0.15, 0.2) is 77.7 Å². The summed E-state index contributed by atoms with van der Waals surface area (Å²) in [6.07, 6.45) is 0.443. The van der Waals surface area contributed by atoms with Gasteiger partial charge in [0.15, 0.2) is 5.13 Å². The summed E-state index contributed by atoms with van der Waals surface area (Å²) in [6.45, 7) is 2.59. The highest BCUT2D eigenvalue weighted by Crippen LogP contribution is 2.31. The number of aromatic nitrogens is 1. The summed E-state index contributed by atoms with van der Waals surface area (Å²) >= 11 is 3.25. The molecule has 1 heterocycles. The number of fused-ring (bicyclic) bond motifs is 1. The van der Waals surface area contributed by atoms with E-state index < -0.39 is 0 Å². The Bertz CT molecular complexity index is 1160. The molecule has 0 unspecified atom stereocenters. The highest BCUT2D eigenvalue weighted by Gasteiger charge is 2.20. The van der Waals surface area contributed by atoms with E-state index in [1.807, 2.05) is 65.6 Å².